The molecule has 0 aliphatic heterocycles. The van der Waals surface area contributed by atoms with Crippen LogP contribution in [0, 0.1) is 5.92 Å². The first-order valence-electron chi connectivity index (χ1n) is 9.63. The third kappa shape index (κ3) is 4.14. The highest BCUT2D eigenvalue weighted by Gasteiger charge is 2.31. The van der Waals surface area contributed by atoms with E-state index < -0.39 is 6.10 Å². The second-order valence-electron chi connectivity index (χ2n) is 7.42. The van der Waals surface area contributed by atoms with Gasteiger partial charge < -0.3 is 14.9 Å². The number of nitrogens with one attached hydrogen (secondary N) is 1. The van der Waals surface area contributed by atoms with E-state index >= 15 is 0 Å². The SMILES string of the molecule is C[C@H](O)c1ccn(CCC2CC(NC(=O)c3cc(-c4ccccc4)no3)C2)n1. The van der Waals surface area contributed by atoms with Crippen molar-refractivity contribution in [1.29, 1.82) is 0 Å². The number of aryl methyl sites for hydroxylation is 1. The average Bonchev–Trinajstić information content (AvgIpc) is 3.33. The highest BCUT2D eigenvalue weighted by atomic mass is 16.5. The van der Waals surface area contributed by atoms with Crippen molar-refractivity contribution in [3.8, 4) is 11.3 Å². The van der Waals surface area contributed by atoms with E-state index in [-0.39, 0.29) is 17.7 Å². The fourth-order valence-electron chi connectivity index (χ4n) is 3.51. The van der Waals surface area contributed by atoms with E-state index in [1.807, 2.05) is 47.3 Å². The monoisotopic (exact) mass is 380 g/mol. The molecule has 2 N–H and O–H groups in total. The van der Waals surface area contributed by atoms with Crippen LogP contribution < -0.4 is 5.32 Å². The van der Waals surface area contributed by atoms with Crippen LogP contribution in [0.15, 0.2) is 53.2 Å². The van der Waals surface area contributed by atoms with Crippen LogP contribution in [0.2, 0.25) is 0 Å². The van der Waals surface area contributed by atoms with Gasteiger partial charge in [-0.05, 0) is 38.2 Å². The fourth-order valence-corrected chi connectivity index (χ4v) is 3.51. The highest BCUT2D eigenvalue weighted by molar-refractivity contribution is 5.92. The topological polar surface area (TPSA) is 93.2 Å². The number of hydrogen-bond donors (Lipinski definition) is 2. The average molecular weight is 380 g/mol. The Hall–Kier alpha value is -2.93. The van der Waals surface area contributed by atoms with Crippen molar-refractivity contribution < 1.29 is 14.4 Å². The molecule has 1 atom stereocenters. The minimum absolute atomic E-state index is 0.174. The predicted molar refractivity (Wildman–Crippen MR) is 103 cm³/mol. The van der Waals surface area contributed by atoms with Gasteiger partial charge in [-0.15, -0.1) is 0 Å². The van der Waals surface area contributed by atoms with Crippen molar-refractivity contribution in [2.75, 3.05) is 0 Å². The lowest BCUT2D eigenvalue weighted by atomic mass is 9.78. The van der Waals surface area contributed by atoms with Gasteiger partial charge >= 0.3 is 0 Å². The summed E-state index contributed by atoms with van der Waals surface area (Å²) in [5.41, 5.74) is 2.28. The number of rotatable bonds is 7. The molecule has 2 aromatic heterocycles. The number of amides is 1. The normalized spacial score (nSPS) is 19.8. The molecule has 1 aromatic carbocycles. The van der Waals surface area contributed by atoms with E-state index in [0.717, 1.165) is 31.4 Å². The molecule has 1 fully saturated rings. The van der Waals surface area contributed by atoms with Crippen molar-refractivity contribution in [3.05, 3.63) is 60.1 Å². The number of hydrogen-bond acceptors (Lipinski definition) is 5. The Morgan fingerprint density at radius 2 is 2.11 bits per heavy atom. The van der Waals surface area contributed by atoms with Gasteiger partial charge in [0.2, 0.25) is 5.76 Å². The molecule has 4 rings (SSSR count). The Balaban J connectivity index is 1.22. The Morgan fingerprint density at radius 1 is 1.32 bits per heavy atom. The van der Waals surface area contributed by atoms with Crippen LogP contribution in [0.1, 0.15) is 48.5 Å². The van der Waals surface area contributed by atoms with Crippen LogP contribution in [0.5, 0.6) is 0 Å². The van der Waals surface area contributed by atoms with Gasteiger partial charge in [0.1, 0.15) is 5.69 Å². The summed E-state index contributed by atoms with van der Waals surface area (Å²) in [6.45, 7) is 2.53. The van der Waals surface area contributed by atoms with E-state index in [1.165, 1.54) is 0 Å². The number of aromatic nitrogens is 3. The summed E-state index contributed by atoms with van der Waals surface area (Å²) >= 11 is 0. The minimum atomic E-state index is -0.539. The van der Waals surface area contributed by atoms with E-state index in [4.69, 9.17) is 4.52 Å². The molecule has 7 nitrogen and oxygen atoms in total. The lowest BCUT2D eigenvalue weighted by Gasteiger charge is -2.35. The molecule has 3 aromatic rings. The number of aliphatic hydroxyl groups excluding tert-OH is 1. The second-order valence-corrected chi connectivity index (χ2v) is 7.42. The van der Waals surface area contributed by atoms with Gasteiger partial charge in [0.05, 0.1) is 11.8 Å². The molecule has 1 aliphatic carbocycles. The van der Waals surface area contributed by atoms with Crippen LogP contribution in [-0.4, -0.2) is 32.0 Å². The molecule has 0 bridgehead atoms. The second kappa shape index (κ2) is 7.98. The molecule has 146 valence electrons. The lowest BCUT2D eigenvalue weighted by molar-refractivity contribution is 0.0846. The minimum Gasteiger partial charge on any atom is -0.387 e. The Morgan fingerprint density at radius 3 is 2.82 bits per heavy atom. The number of carbonyl (C=O) groups excluding carboxylic acids is 1. The number of carbonyl (C=O) groups is 1. The van der Waals surface area contributed by atoms with Crippen LogP contribution in [-0.2, 0) is 6.54 Å². The van der Waals surface area contributed by atoms with E-state index in [2.05, 4.69) is 15.6 Å². The molecule has 0 saturated heterocycles. The van der Waals surface area contributed by atoms with Crippen molar-refractivity contribution in [1.82, 2.24) is 20.3 Å². The van der Waals surface area contributed by atoms with E-state index in [9.17, 15) is 9.90 Å². The number of aliphatic hydroxyl groups is 1. The van der Waals surface area contributed by atoms with Gasteiger partial charge in [0.15, 0.2) is 0 Å². The van der Waals surface area contributed by atoms with Gasteiger partial charge in [-0.3, -0.25) is 9.48 Å². The Bertz CT molecular complexity index is 926. The third-order valence-electron chi connectivity index (χ3n) is 5.23. The summed E-state index contributed by atoms with van der Waals surface area (Å²) in [7, 11) is 0. The van der Waals surface area contributed by atoms with Gasteiger partial charge in [-0.1, -0.05) is 35.5 Å². The zero-order valence-corrected chi connectivity index (χ0v) is 15.8. The summed E-state index contributed by atoms with van der Waals surface area (Å²) in [4.78, 5) is 12.4. The largest absolute Gasteiger partial charge is 0.387 e. The Kier molecular flexibility index (Phi) is 5.25. The van der Waals surface area contributed by atoms with E-state index in [0.29, 0.717) is 17.3 Å². The molecule has 0 unspecified atom stereocenters. The van der Waals surface area contributed by atoms with Crippen LogP contribution in [0.3, 0.4) is 0 Å². The van der Waals surface area contributed by atoms with Crippen molar-refractivity contribution in [3.63, 3.8) is 0 Å². The van der Waals surface area contributed by atoms with Gasteiger partial charge in [-0.2, -0.15) is 5.10 Å². The molecule has 2 heterocycles. The van der Waals surface area contributed by atoms with Gasteiger partial charge in [0, 0.05) is 30.4 Å². The molecule has 28 heavy (non-hydrogen) atoms. The quantitative estimate of drug-likeness (QED) is 0.657. The molecule has 1 saturated carbocycles. The van der Waals surface area contributed by atoms with Crippen molar-refractivity contribution in [2.24, 2.45) is 5.92 Å². The third-order valence-corrected chi connectivity index (χ3v) is 5.23. The summed E-state index contributed by atoms with van der Waals surface area (Å²) in [6, 6.07) is 13.3. The van der Waals surface area contributed by atoms with Crippen molar-refractivity contribution in [2.45, 2.75) is 44.9 Å². The molecule has 0 spiro atoms. The standard InChI is InChI=1S/C21H24N4O3/c1-14(26)18-8-10-25(23-18)9-7-15-11-17(12-15)22-21(27)20-13-19(24-28-20)16-5-3-2-4-6-16/h2-6,8,10,13-15,17,26H,7,9,11-12H2,1H3,(H,22,27)/t14-,15?,17?/m0/s1. The molecule has 1 amide bonds. The Labute approximate surface area is 163 Å². The highest BCUT2D eigenvalue weighted by Crippen LogP contribution is 2.31. The molecule has 1 aliphatic rings. The molecular weight excluding hydrogens is 356 g/mol. The lowest BCUT2D eigenvalue weighted by Crippen LogP contribution is -2.44. The molecular formula is C21H24N4O3. The summed E-state index contributed by atoms with van der Waals surface area (Å²) in [5, 5.41) is 20.9. The zero-order valence-electron chi connectivity index (χ0n) is 15.8. The van der Waals surface area contributed by atoms with Crippen LogP contribution in [0.25, 0.3) is 11.3 Å². The zero-order chi connectivity index (χ0) is 19.5. The van der Waals surface area contributed by atoms with Crippen LogP contribution in [0.4, 0.5) is 0 Å². The molecule has 7 heteroatoms. The van der Waals surface area contributed by atoms with Gasteiger partial charge in [0.25, 0.3) is 5.91 Å². The van der Waals surface area contributed by atoms with E-state index in [1.54, 1.807) is 13.0 Å². The summed E-state index contributed by atoms with van der Waals surface area (Å²) in [5.74, 6) is 0.593. The van der Waals surface area contributed by atoms with Crippen LogP contribution >= 0.6 is 0 Å². The van der Waals surface area contributed by atoms with Gasteiger partial charge in [-0.25, -0.2) is 0 Å². The number of benzene rings is 1. The molecule has 0 radical (unpaired) electrons. The van der Waals surface area contributed by atoms with Crippen molar-refractivity contribution >= 4 is 5.91 Å². The number of nitrogens with zero attached hydrogens (tertiary/aromatic N) is 3. The summed E-state index contributed by atoms with van der Waals surface area (Å²) in [6.07, 6.45) is 4.27. The maximum absolute atomic E-state index is 12.4. The summed E-state index contributed by atoms with van der Waals surface area (Å²) < 4.78 is 7.08. The first-order valence-corrected chi connectivity index (χ1v) is 9.63. The smallest absolute Gasteiger partial charge is 0.290 e. The fraction of sp³-hybridized carbons (Fsp3) is 0.381. The first-order chi connectivity index (χ1) is 13.6. The maximum Gasteiger partial charge on any atom is 0.290 e. The maximum atomic E-state index is 12.4. The first kappa shape index (κ1) is 18.4. The predicted octanol–water partition coefficient (Wildman–Crippen LogP) is 3.19.